The molecule has 9 rings (SSSR count). The highest BCUT2D eigenvalue weighted by atomic mass is 16.5. The van der Waals surface area contributed by atoms with E-state index < -0.39 is 0 Å². The maximum Gasteiger partial charge on any atom is 0.147 e. The van der Waals surface area contributed by atoms with Crippen LogP contribution in [0, 0.1) is 20.8 Å². The van der Waals surface area contributed by atoms with Crippen LogP contribution in [0.2, 0.25) is 0 Å². The van der Waals surface area contributed by atoms with E-state index in [0.29, 0.717) is 41.5 Å². The molecular weight excluding hydrogens is 693 g/mol. The van der Waals surface area contributed by atoms with Crippen molar-refractivity contribution in [2.24, 2.45) is 0 Å². The van der Waals surface area contributed by atoms with Crippen molar-refractivity contribution in [1.29, 1.82) is 0 Å². The van der Waals surface area contributed by atoms with Gasteiger partial charge in [-0.25, -0.2) is 0 Å². The van der Waals surface area contributed by atoms with Gasteiger partial charge < -0.3 is 28.8 Å². The predicted octanol–water partition coefficient (Wildman–Crippen LogP) is 12.4. The molecule has 0 aliphatic heterocycles. The van der Waals surface area contributed by atoms with Crippen LogP contribution < -0.4 is 4.74 Å². The lowest BCUT2D eigenvalue weighted by molar-refractivity contribution is 0.184. The van der Waals surface area contributed by atoms with E-state index in [2.05, 4.69) is 115 Å². The van der Waals surface area contributed by atoms with E-state index in [-0.39, 0.29) is 11.5 Å². The van der Waals surface area contributed by atoms with Crippen molar-refractivity contribution in [2.75, 3.05) is 20.3 Å². The van der Waals surface area contributed by atoms with Crippen molar-refractivity contribution in [1.82, 2.24) is 9.13 Å². The number of benzene rings is 7. The number of aryl methyl sites for hydroxylation is 3. The van der Waals surface area contributed by atoms with E-state index in [1.54, 1.807) is 7.11 Å². The molecule has 0 unspecified atom stereocenters. The number of para-hydroxylation sites is 4. The Bertz CT molecular complexity index is 2650. The number of nitrogens with zero attached hydrogens (tertiary/aromatic N) is 2. The number of hydrogen-bond acceptors (Lipinski definition) is 4. The van der Waals surface area contributed by atoms with E-state index in [0.717, 1.165) is 84.3 Å². The van der Waals surface area contributed by atoms with Crippen molar-refractivity contribution < 1.29 is 19.7 Å². The zero-order valence-electron chi connectivity index (χ0n) is 32.1. The highest BCUT2D eigenvalue weighted by Crippen LogP contribution is 2.49. The summed E-state index contributed by atoms with van der Waals surface area (Å²) in [6.45, 7) is 7.25. The van der Waals surface area contributed by atoms with Gasteiger partial charge in [0.25, 0.3) is 0 Å². The Kier molecular flexibility index (Phi) is 8.99. The van der Waals surface area contributed by atoms with Gasteiger partial charge >= 0.3 is 0 Å². The topological polar surface area (TPSA) is 68.8 Å². The minimum Gasteiger partial charge on any atom is -0.505 e. The Balaban J connectivity index is 1.29. The van der Waals surface area contributed by atoms with Crippen molar-refractivity contribution in [3.05, 3.63) is 150 Å². The van der Waals surface area contributed by atoms with Crippen LogP contribution in [0.1, 0.15) is 29.5 Å². The zero-order chi connectivity index (χ0) is 38.5. The average molecular weight is 737 g/mol. The van der Waals surface area contributed by atoms with Crippen LogP contribution in [0.5, 0.6) is 17.2 Å². The van der Waals surface area contributed by atoms with Crippen LogP contribution in [0.15, 0.2) is 133 Å². The lowest BCUT2D eigenvalue weighted by Gasteiger charge is -2.22. The molecular formula is C50H44N2O4. The summed E-state index contributed by atoms with van der Waals surface area (Å²) < 4.78 is 16.5. The summed E-state index contributed by atoms with van der Waals surface area (Å²) in [4.78, 5) is 0. The summed E-state index contributed by atoms with van der Waals surface area (Å²) in [5, 5.41) is 29.5. The fourth-order valence-corrected chi connectivity index (χ4v) is 8.49. The molecule has 0 bridgehead atoms. The third-order valence-corrected chi connectivity index (χ3v) is 10.9. The van der Waals surface area contributed by atoms with Gasteiger partial charge in [-0.1, -0.05) is 72.8 Å². The minimum atomic E-state index is 0.155. The largest absolute Gasteiger partial charge is 0.505 e. The first kappa shape index (κ1) is 35.2. The van der Waals surface area contributed by atoms with Gasteiger partial charge in [0.1, 0.15) is 17.2 Å². The number of unbranched alkanes of at least 4 members (excludes halogenated alkanes) is 1. The molecule has 0 aliphatic rings. The molecule has 0 atom stereocenters. The van der Waals surface area contributed by atoms with E-state index >= 15 is 0 Å². The van der Waals surface area contributed by atoms with Crippen molar-refractivity contribution in [2.45, 2.75) is 33.6 Å². The van der Waals surface area contributed by atoms with Crippen molar-refractivity contribution in [3.8, 4) is 50.9 Å². The number of methoxy groups -OCH3 is 1. The van der Waals surface area contributed by atoms with Crippen LogP contribution in [-0.4, -0.2) is 39.7 Å². The summed E-state index contributed by atoms with van der Waals surface area (Å²) >= 11 is 0. The normalized spacial score (nSPS) is 11.7. The monoisotopic (exact) mass is 736 g/mol. The number of aromatic nitrogens is 2. The van der Waals surface area contributed by atoms with Crippen LogP contribution in [0.3, 0.4) is 0 Å². The molecule has 9 aromatic rings. The third-order valence-electron chi connectivity index (χ3n) is 10.9. The molecule has 7 aromatic carbocycles. The Morgan fingerprint density at radius 1 is 0.446 bits per heavy atom. The minimum absolute atomic E-state index is 0.155. The first-order valence-corrected chi connectivity index (χ1v) is 19.3. The Hall–Kier alpha value is -6.50. The quantitative estimate of drug-likeness (QED) is 0.137. The Morgan fingerprint density at radius 2 is 0.786 bits per heavy atom. The molecule has 0 saturated heterocycles. The average Bonchev–Trinajstić information content (AvgIpc) is 3.72. The van der Waals surface area contributed by atoms with Crippen molar-refractivity contribution in [3.63, 3.8) is 0 Å². The molecule has 0 saturated carbocycles. The first-order valence-electron chi connectivity index (χ1n) is 19.3. The van der Waals surface area contributed by atoms with Gasteiger partial charge in [-0.3, -0.25) is 0 Å². The highest BCUT2D eigenvalue weighted by Gasteiger charge is 2.25. The lowest BCUT2D eigenvalue weighted by Crippen LogP contribution is -2.04. The second-order valence-corrected chi connectivity index (χ2v) is 14.8. The molecule has 0 fully saturated rings. The number of hydrogen-bond donors (Lipinski definition) is 2. The highest BCUT2D eigenvalue weighted by molar-refractivity contribution is 6.11. The van der Waals surface area contributed by atoms with Gasteiger partial charge in [0.2, 0.25) is 0 Å². The summed E-state index contributed by atoms with van der Waals surface area (Å²) in [6, 6.07) is 45.6. The summed E-state index contributed by atoms with van der Waals surface area (Å²) in [5.41, 5.74) is 11.3. The summed E-state index contributed by atoms with van der Waals surface area (Å²) in [5.74, 6) is 0.917. The van der Waals surface area contributed by atoms with Crippen LogP contribution in [0.25, 0.3) is 77.2 Å². The first-order chi connectivity index (χ1) is 27.3. The maximum atomic E-state index is 12.5. The molecule has 0 amide bonds. The molecule has 2 aromatic heterocycles. The third kappa shape index (κ3) is 5.85. The fraction of sp³-hybridized carbons (Fsp3) is 0.160. The van der Waals surface area contributed by atoms with Gasteiger partial charge in [-0.2, -0.15) is 0 Å². The molecule has 278 valence electrons. The van der Waals surface area contributed by atoms with Gasteiger partial charge in [0.15, 0.2) is 0 Å². The number of aromatic hydroxyl groups is 2. The fourth-order valence-electron chi connectivity index (χ4n) is 8.49. The molecule has 0 radical (unpaired) electrons. The van der Waals surface area contributed by atoms with Gasteiger partial charge in [0.05, 0.1) is 40.0 Å². The molecule has 2 heterocycles. The van der Waals surface area contributed by atoms with Crippen molar-refractivity contribution >= 4 is 43.6 Å². The van der Waals surface area contributed by atoms with Gasteiger partial charge in [-0.05, 0) is 111 Å². The zero-order valence-corrected chi connectivity index (χ0v) is 32.1. The van der Waals surface area contributed by atoms with E-state index in [1.165, 1.54) is 0 Å². The number of phenolic OH excluding ortho intramolecular Hbond substituents is 2. The molecule has 2 N–H and O–H groups in total. The number of fused-ring (bicyclic) bond motifs is 6. The smallest absolute Gasteiger partial charge is 0.147 e. The predicted molar refractivity (Wildman–Crippen MR) is 230 cm³/mol. The number of rotatable bonds is 10. The van der Waals surface area contributed by atoms with Gasteiger partial charge in [0, 0.05) is 57.5 Å². The van der Waals surface area contributed by atoms with Crippen LogP contribution >= 0.6 is 0 Å². The standard InChI is InChI=1S/C50H44N2O4/c1-31-27-40(38-25-32(2)29-46(48(38)53)51-42-19-9-5-15-34(42)35-16-6-10-20-43(35)51)50(56-24-14-13-23-55-4)41(28-31)39-26-33(3)30-47(49(39)54)52-44-21-11-7-17-36(44)37-18-8-12-22-45(37)52/h5-12,15-22,25-30,53-54H,13-14,23-24H2,1-4H3. The molecule has 0 aliphatic carbocycles. The maximum absolute atomic E-state index is 12.5. The summed E-state index contributed by atoms with van der Waals surface area (Å²) in [7, 11) is 1.71. The number of phenols is 2. The van der Waals surface area contributed by atoms with E-state index in [4.69, 9.17) is 9.47 Å². The molecule has 0 spiro atoms. The Labute approximate surface area is 326 Å². The summed E-state index contributed by atoms with van der Waals surface area (Å²) in [6.07, 6.45) is 1.62. The second-order valence-electron chi connectivity index (χ2n) is 14.8. The molecule has 6 heteroatoms. The van der Waals surface area contributed by atoms with Crippen LogP contribution in [-0.2, 0) is 4.74 Å². The van der Waals surface area contributed by atoms with Crippen LogP contribution in [0.4, 0.5) is 0 Å². The number of ether oxygens (including phenoxy) is 2. The second kappa shape index (κ2) is 14.3. The van der Waals surface area contributed by atoms with E-state index in [9.17, 15) is 10.2 Å². The SMILES string of the molecule is COCCCCOc1c(-c2cc(C)cc(-n3c4ccccc4c4ccccc43)c2O)cc(C)cc1-c1cc(C)cc(-n2c3ccccc3c3ccccc32)c1O. The van der Waals surface area contributed by atoms with Gasteiger partial charge in [-0.15, -0.1) is 0 Å². The lowest BCUT2D eigenvalue weighted by atomic mass is 9.91. The Morgan fingerprint density at radius 3 is 1.18 bits per heavy atom. The molecule has 6 nitrogen and oxygen atoms in total. The van der Waals surface area contributed by atoms with E-state index in [1.807, 2.05) is 48.5 Å². The molecule has 56 heavy (non-hydrogen) atoms.